The van der Waals surface area contributed by atoms with E-state index in [1.54, 1.807) is 6.33 Å². The number of ether oxygens (including phenoxy) is 2. The third-order valence-electron chi connectivity index (χ3n) is 7.42. The van der Waals surface area contributed by atoms with Crippen LogP contribution < -0.4 is 15.5 Å². The number of hydrogen-bond acceptors (Lipinski definition) is 9. The molecule has 4 heterocycles. The first-order valence-electron chi connectivity index (χ1n) is 14.1. The largest absolute Gasteiger partial charge is 0.416 e. The van der Waals surface area contributed by atoms with E-state index in [0.717, 1.165) is 82.7 Å². The molecule has 2 aromatic carbocycles. The number of halogens is 3. The standard InChI is InChI=1S/C29H33F3N8O2/c30-29(31,32)22-3-1-21(2-4-22)19-40-20-34-25-26(35-23-5-7-24(8-6-23)39-13-17-42-18-14-39)36-28(37-27(25)40)33-9-10-38-11-15-41-16-12-38/h1-8,20H,9-19H2,(H2,33,35,36,37). The number of morpholine rings is 2. The van der Waals surface area contributed by atoms with E-state index in [4.69, 9.17) is 19.4 Å². The maximum Gasteiger partial charge on any atom is 0.416 e. The highest BCUT2D eigenvalue weighted by atomic mass is 19.4. The molecule has 0 unspecified atom stereocenters. The molecule has 0 aliphatic carbocycles. The van der Waals surface area contributed by atoms with Crippen LogP contribution in [0.4, 0.5) is 36.3 Å². The summed E-state index contributed by atoms with van der Waals surface area (Å²) in [6, 6.07) is 13.3. The number of benzene rings is 2. The lowest BCUT2D eigenvalue weighted by molar-refractivity contribution is -0.137. The Labute approximate surface area is 241 Å². The quantitative estimate of drug-likeness (QED) is 0.301. The van der Waals surface area contributed by atoms with Crippen LogP contribution >= 0.6 is 0 Å². The zero-order chi connectivity index (χ0) is 28.9. The van der Waals surface area contributed by atoms with Crippen LogP contribution in [0.1, 0.15) is 11.1 Å². The number of hydrogen-bond donors (Lipinski definition) is 2. The minimum atomic E-state index is -4.38. The highest BCUT2D eigenvalue weighted by molar-refractivity contribution is 5.86. The molecule has 2 aliphatic heterocycles. The molecule has 0 atom stereocenters. The Kier molecular flexibility index (Phi) is 8.40. The van der Waals surface area contributed by atoms with Gasteiger partial charge in [-0.1, -0.05) is 12.1 Å². The van der Waals surface area contributed by atoms with Crippen LogP contribution in [0.2, 0.25) is 0 Å². The number of anilines is 4. The van der Waals surface area contributed by atoms with Gasteiger partial charge in [0.05, 0.1) is 44.9 Å². The van der Waals surface area contributed by atoms with E-state index in [1.807, 2.05) is 16.7 Å². The van der Waals surface area contributed by atoms with Crippen LogP contribution in [-0.4, -0.2) is 90.1 Å². The Morgan fingerprint density at radius 1 is 0.833 bits per heavy atom. The molecule has 0 amide bonds. The number of fused-ring (bicyclic) bond motifs is 1. The SMILES string of the molecule is FC(F)(F)c1ccc(Cn2cnc3c(Nc4ccc(N5CCOCC5)cc4)nc(NCCN4CCOCC4)nc32)cc1. The molecule has 0 bridgehead atoms. The zero-order valence-corrected chi connectivity index (χ0v) is 23.1. The lowest BCUT2D eigenvalue weighted by atomic mass is 10.1. The molecule has 13 heteroatoms. The summed E-state index contributed by atoms with van der Waals surface area (Å²) in [5.74, 6) is 0.983. The third-order valence-corrected chi connectivity index (χ3v) is 7.42. The first-order valence-corrected chi connectivity index (χ1v) is 14.1. The fraction of sp³-hybridized carbons (Fsp3) is 0.414. The fourth-order valence-electron chi connectivity index (χ4n) is 5.09. The van der Waals surface area contributed by atoms with Gasteiger partial charge in [-0.15, -0.1) is 0 Å². The molecule has 42 heavy (non-hydrogen) atoms. The van der Waals surface area contributed by atoms with Crippen LogP contribution in [0, 0.1) is 0 Å². The molecule has 4 aromatic rings. The third kappa shape index (κ3) is 6.75. The summed E-state index contributed by atoms with van der Waals surface area (Å²) in [4.78, 5) is 18.7. The van der Waals surface area contributed by atoms with Crippen molar-refractivity contribution in [3.05, 3.63) is 66.0 Å². The topological polar surface area (TPSA) is 92.6 Å². The number of nitrogens with one attached hydrogen (secondary N) is 2. The van der Waals surface area contributed by atoms with Crippen molar-refractivity contribution in [2.24, 2.45) is 0 Å². The summed E-state index contributed by atoms with van der Waals surface area (Å²) in [7, 11) is 0. The van der Waals surface area contributed by atoms with Gasteiger partial charge in [0.1, 0.15) is 0 Å². The van der Waals surface area contributed by atoms with Gasteiger partial charge in [-0.25, -0.2) is 4.98 Å². The predicted octanol–water partition coefficient (Wildman–Crippen LogP) is 4.22. The highest BCUT2D eigenvalue weighted by Gasteiger charge is 2.30. The van der Waals surface area contributed by atoms with E-state index < -0.39 is 11.7 Å². The Balaban J connectivity index is 1.24. The summed E-state index contributed by atoms with van der Waals surface area (Å²) in [5, 5.41) is 6.73. The molecule has 2 saturated heterocycles. The van der Waals surface area contributed by atoms with Crippen molar-refractivity contribution in [2.75, 3.05) is 81.2 Å². The van der Waals surface area contributed by atoms with E-state index in [0.29, 0.717) is 41.6 Å². The lowest BCUT2D eigenvalue weighted by Crippen LogP contribution is -2.39. The summed E-state index contributed by atoms with van der Waals surface area (Å²) < 4.78 is 51.9. The van der Waals surface area contributed by atoms with Crippen molar-refractivity contribution < 1.29 is 22.6 Å². The van der Waals surface area contributed by atoms with Gasteiger partial charge in [-0.3, -0.25) is 4.90 Å². The Bertz CT molecular complexity index is 1470. The first-order chi connectivity index (χ1) is 20.4. The van der Waals surface area contributed by atoms with Crippen LogP contribution in [0.25, 0.3) is 11.2 Å². The molecule has 0 spiro atoms. The van der Waals surface area contributed by atoms with Crippen LogP contribution in [0.5, 0.6) is 0 Å². The average molecular weight is 583 g/mol. The average Bonchev–Trinajstić information content (AvgIpc) is 3.41. The Hall–Kier alpha value is -3.94. The maximum absolute atomic E-state index is 13.0. The molecular weight excluding hydrogens is 549 g/mol. The number of nitrogens with zero attached hydrogens (tertiary/aromatic N) is 6. The van der Waals surface area contributed by atoms with Gasteiger partial charge in [0, 0.05) is 50.6 Å². The molecular formula is C29H33F3N8O2. The Morgan fingerprint density at radius 2 is 1.52 bits per heavy atom. The number of rotatable bonds is 9. The number of aromatic nitrogens is 4. The molecule has 0 saturated carbocycles. The maximum atomic E-state index is 13.0. The summed E-state index contributed by atoms with van der Waals surface area (Å²) >= 11 is 0. The van der Waals surface area contributed by atoms with Crippen molar-refractivity contribution in [1.29, 1.82) is 0 Å². The summed E-state index contributed by atoms with van der Waals surface area (Å²) in [6.07, 6.45) is -2.74. The molecule has 10 nitrogen and oxygen atoms in total. The van der Waals surface area contributed by atoms with Gasteiger partial charge in [-0.2, -0.15) is 23.1 Å². The molecule has 2 aliphatic rings. The van der Waals surface area contributed by atoms with Crippen LogP contribution in [0.15, 0.2) is 54.9 Å². The van der Waals surface area contributed by atoms with Gasteiger partial charge < -0.3 is 29.6 Å². The normalized spacial score (nSPS) is 16.6. The van der Waals surface area contributed by atoms with Crippen molar-refractivity contribution in [1.82, 2.24) is 24.4 Å². The van der Waals surface area contributed by atoms with Crippen LogP contribution in [0.3, 0.4) is 0 Å². The van der Waals surface area contributed by atoms with E-state index >= 15 is 0 Å². The van der Waals surface area contributed by atoms with Crippen molar-refractivity contribution in [3.8, 4) is 0 Å². The second kappa shape index (κ2) is 12.5. The van der Waals surface area contributed by atoms with Gasteiger partial charge in [0.25, 0.3) is 0 Å². The smallest absolute Gasteiger partial charge is 0.379 e. The minimum Gasteiger partial charge on any atom is -0.379 e. The molecule has 222 valence electrons. The summed E-state index contributed by atoms with van der Waals surface area (Å²) in [6.45, 7) is 8.15. The van der Waals surface area contributed by atoms with Gasteiger partial charge in [0.2, 0.25) is 5.95 Å². The van der Waals surface area contributed by atoms with Crippen molar-refractivity contribution in [2.45, 2.75) is 12.7 Å². The Morgan fingerprint density at radius 3 is 2.21 bits per heavy atom. The lowest BCUT2D eigenvalue weighted by Gasteiger charge is -2.28. The van der Waals surface area contributed by atoms with Gasteiger partial charge in [-0.05, 0) is 42.0 Å². The van der Waals surface area contributed by atoms with E-state index in [9.17, 15) is 13.2 Å². The fourth-order valence-corrected chi connectivity index (χ4v) is 5.09. The van der Waals surface area contributed by atoms with Crippen molar-refractivity contribution >= 4 is 34.3 Å². The predicted molar refractivity (Wildman–Crippen MR) is 154 cm³/mol. The number of imidazole rings is 1. The van der Waals surface area contributed by atoms with Crippen molar-refractivity contribution in [3.63, 3.8) is 0 Å². The molecule has 2 aromatic heterocycles. The van der Waals surface area contributed by atoms with Gasteiger partial charge in [0.15, 0.2) is 17.0 Å². The van der Waals surface area contributed by atoms with E-state index in [1.165, 1.54) is 12.1 Å². The second-order valence-corrected chi connectivity index (χ2v) is 10.3. The van der Waals surface area contributed by atoms with Gasteiger partial charge >= 0.3 is 6.18 Å². The van der Waals surface area contributed by atoms with E-state index in [-0.39, 0.29) is 0 Å². The minimum absolute atomic E-state index is 0.312. The van der Waals surface area contributed by atoms with E-state index in [2.05, 4.69) is 37.6 Å². The number of alkyl halides is 3. The van der Waals surface area contributed by atoms with Crippen LogP contribution in [-0.2, 0) is 22.2 Å². The monoisotopic (exact) mass is 582 g/mol. The zero-order valence-electron chi connectivity index (χ0n) is 23.1. The molecule has 2 N–H and O–H groups in total. The molecule has 6 rings (SSSR count). The molecule has 0 radical (unpaired) electrons. The first kappa shape index (κ1) is 28.2. The molecule has 2 fully saturated rings. The summed E-state index contributed by atoms with van der Waals surface area (Å²) in [5.41, 5.74) is 3.15. The highest BCUT2D eigenvalue weighted by Crippen LogP contribution is 2.30. The second-order valence-electron chi connectivity index (χ2n) is 10.3.